The average molecular weight is 250 g/mol. The van der Waals surface area contributed by atoms with E-state index in [0.717, 1.165) is 32.2 Å². The van der Waals surface area contributed by atoms with Gasteiger partial charge in [-0.05, 0) is 31.6 Å². The van der Waals surface area contributed by atoms with Gasteiger partial charge in [0.05, 0.1) is 6.54 Å². The predicted molar refractivity (Wildman–Crippen MR) is 67.9 cm³/mol. The highest BCUT2D eigenvalue weighted by Gasteiger charge is 2.50. The summed E-state index contributed by atoms with van der Waals surface area (Å²) in [5, 5.41) is 2.80. The van der Waals surface area contributed by atoms with E-state index in [0.29, 0.717) is 5.92 Å². The molecule has 1 spiro atoms. The summed E-state index contributed by atoms with van der Waals surface area (Å²) in [6, 6.07) is 0. The molecule has 0 aromatic rings. The molecule has 0 bridgehead atoms. The Morgan fingerprint density at radius 3 is 2.44 bits per heavy atom. The van der Waals surface area contributed by atoms with Gasteiger partial charge in [0, 0.05) is 6.54 Å². The number of nitrogens with one attached hydrogen (secondary N) is 1. The van der Waals surface area contributed by atoms with Crippen molar-refractivity contribution in [2.45, 2.75) is 56.9 Å². The molecule has 0 aromatic carbocycles. The molecule has 3 fully saturated rings. The number of carbonyl (C=O) groups excluding carboxylic acids is 2. The van der Waals surface area contributed by atoms with Crippen molar-refractivity contribution in [1.82, 2.24) is 10.2 Å². The molecule has 0 aromatic heterocycles. The largest absolute Gasteiger partial charge is 0.345 e. The molecule has 3 aliphatic rings. The molecule has 4 heteroatoms. The van der Waals surface area contributed by atoms with E-state index in [4.69, 9.17) is 0 Å². The summed E-state index contributed by atoms with van der Waals surface area (Å²) in [5.41, 5.74) is -0.497. The SMILES string of the molecule is O=C1CNC(=O)C2(CCCCC2)N1CC1CCC1. The number of carbonyl (C=O) groups is 2. The van der Waals surface area contributed by atoms with Gasteiger partial charge in [0.2, 0.25) is 11.8 Å². The van der Waals surface area contributed by atoms with E-state index in [1.165, 1.54) is 25.7 Å². The maximum absolute atomic E-state index is 12.3. The van der Waals surface area contributed by atoms with Crippen LogP contribution < -0.4 is 5.32 Å². The molecule has 0 atom stereocenters. The van der Waals surface area contributed by atoms with Crippen molar-refractivity contribution < 1.29 is 9.59 Å². The molecule has 2 amide bonds. The summed E-state index contributed by atoms with van der Waals surface area (Å²) in [6.07, 6.45) is 8.79. The van der Waals surface area contributed by atoms with Gasteiger partial charge in [-0.25, -0.2) is 0 Å². The summed E-state index contributed by atoms with van der Waals surface area (Å²) >= 11 is 0. The van der Waals surface area contributed by atoms with E-state index in [-0.39, 0.29) is 18.4 Å². The summed E-state index contributed by atoms with van der Waals surface area (Å²) in [7, 11) is 0. The number of hydrogen-bond acceptors (Lipinski definition) is 2. The molecule has 3 rings (SSSR count). The van der Waals surface area contributed by atoms with Gasteiger partial charge in [0.15, 0.2) is 0 Å². The van der Waals surface area contributed by atoms with Crippen LogP contribution in [0.2, 0.25) is 0 Å². The van der Waals surface area contributed by atoms with Crippen molar-refractivity contribution in [1.29, 1.82) is 0 Å². The molecular formula is C14H22N2O2. The van der Waals surface area contributed by atoms with Crippen LogP contribution in [0.4, 0.5) is 0 Å². The van der Waals surface area contributed by atoms with Crippen LogP contribution in [0.1, 0.15) is 51.4 Å². The molecule has 100 valence electrons. The summed E-state index contributed by atoms with van der Waals surface area (Å²) in [6.45, 7) is 1.01. The van der Waals surface area contributed by atoms with Crippen molar-refractivity contribution in [2.75, 3.05) is 13.1 Å². The molecule has 1 heterocycles. The average Bonchev–Trinajstić information content (AvgIpc) is 2.33. The monoisotopic (exact) mass is 250 g/mol. The van der Waals surface area contributed by atoms with E-state index < -0.39 is 5.54 Å². The maximum Gasteiger partial charge on any atom is 0.246 e. The van der Waals surface area contributed by atoms with Crippen LogP contribution in [0.15, 0.2) is 0 Å². The Balaban J connectivity index is 1.83. The van der Waals surface area contributed by atoms with E-state index in [1.54, 1.807) is 0 Å². The standard InChI is InChI=1S/C14H22N2O2/c17-12-9-15-13(18)14(7-2-1-3-8-14)16(12)10-11-5-4-6-11/h11H,1-10H2,(H,15,18). The second kappa shape index (κ2) is 4.56. The molecule has 0 radical (unpaired) electrons. The Morgan fingerprint density at radius 1 is 1.11 bits per heavy atom. The summed E-state index contributed by atoms with van der Waals surface area (Å²) in [4.78, 5) is 26.4. The Morgan fingerprint density at radius 2 is 1.83 bits per heavy atom. The normalized spacial score (nSPS) is 28.1. The minimum Gasteiger partial charge on any atom is -0.345 e. The highest BCUT2D eigenvalue weighted by Crippen LogP contribution is 2.38. The van der Waals surface area contributed by atoms with Crippen LogP contribution in [0.3, 0.4) is 0 Å². The maximum atomic E-state index is 12.3. The Bertz CT molecular complexity index is 357. The lowest BCUT2D eigenvalue weighted by atomic mass is 9.76. The zero-order valence-electron chi connectivity index (χ0n) is 10.9. The fourth-order valence-electron chi connectivity index (χ4n) is 3.62. The highest BCUT2D eigenvalue weighted by atomic mass is 16.2. The van der Waals surface area contributed by atoms with Gasteiger partial charge in [-0.3, -0.25) is 9.59 Å². The van der Waals surface area contributed by atoms with Gasteiger partial charge in [0.1, 0.15) is 5.54 Å². The Hall–Kier alpha value is -1.06. The van der Waals surface area contributed by atoms with Crippen LogP contribution in [0.25, 0.3) is 0 Å². The smallest absolute Gasteiger partial charge is 0.246 e. The molecular weight excluding hydrogens is 228 g/mol. The summed E-state index contributed by atoms with van der Waals surface area (Å²) < 4.78 is 0. The fraction of sp³-hybridized carbons (Fsp3) is 0.857. The first kappa shape index (κ1) is 12.0. The molecule has 4 nitrogen and oxygen atoms in total. The first-order valence-corrected chi connectivity index (χ1v) is 7.31. The molecule has 2 aliphatic carbocycles. The first-order chi connectivity index (χ1) is 8.72. The van der Waals surface area contributed by atoms with Gasteiger partial charge < -0.3 is 10.2 Å². The van der Waals surface area contributed by atoms with E-state index >= 15 is 0 Å². The number of amides is 2. The van der Waals surface area contributed by atoms with Crippen molar-refractivity contribution in [2.24, 2.45) is 5.92 Å². The van der Waals surface area contributed by atoms with Gasteiger partial charge in [-0.15, -0.1) is 0 Å². The van der Waals surface area contributed by atoms with Crippen LogP contribution in [-0.2, 0) is 9.59 Å². The zero-order chi connectivity index (χ0) is 12.6. The summed E-state index contributed by atoms with van der Waals surface area (Å²) in [5.74, 6) is 0.864. The Labute approximate surface area is 108 Å². The van der Waals surface area contributed by atoms with Crippen LogP contribution in [-0.4, -0.2) is 35.3 Å². The number of nitrogens with zero attached hydrogens (tertiary/aromatic N) is 1. The third-order valence-electron chi connectivity index (χ3n) is 4.99. The minimum absolute atomic E-state index is 0.0983. The molecule has 18 heavy (non-hydrogen) atoms. The van der Waals surface area contributed by atoms with Gasteiger partial charge in [-0.2, -0.15) is 0 Å². The van der Waals surface area contributed by atoms with Crippen LogP contribution >= 0.6 is 0 Å². The molecule has 1 saturated heterocycles. The number of rotatable bonds is 2. The lowest BCUT2D eigenvalue weighted by molar-refractivity contribution is -0.157. The van der Waals surface area contributed by atoms with E-state index in [9.17, 15) is 9.59 Å². The van der Waals surface area contributed by atoms with Crippen molar-refractivity contribution >= 4 is 11.8 Å². The minimum atomic E-state index is -0.497. The van der Waals surface area contributed by atoms with E-state index in [1.807, 2.05) is 4.90 Å². The lowest BCUT2D eigenvalue weighted by Gasteiger charge is -2.49. The molecule has 1 aliphatic heterocycles. The number of piperazine rings is 1. The zero-order valence-corrected chi connectivity index (χ0v) is 10.9. The third kappa shape index (κ3) is 1.82. The van der Waals surface area contributed by atoms with Crippen molar-refractivity contribution in [3.63, 3.8) is 0 Å². The molecule has 2 saturated carbocycles. The van der Waals surface area contributed by atoms with Gasteiger partial charge >= 0.3 is 0 Å². The van der Waals surface area contributed by atoms with Crippen molar-refractivity contribution in [3.05, 3.63) is 0 Å². The van der Waals surface area contributed by atoms with E-state index in [2.05, 4.69) is 5.32 Å². The quantitative estimate of drug-likeness (QED) is 0.806. The van der Waals surface area contributed by atoms with Crippen LogP contribution in [0, 0.1) is 5.92 Å². The first-order valence-electron chi connectivity index (χ1n) is 7.31. The van der Waals surface area contributed by atoms with Crippen LogP contribution in [0.5, 0.6) is 0 Å². The highest BCUT2D eigenvalue weighted by molar-refractivity contribution is 5.98. The Kier molecular flexibility index (Phi) is 3.04. The fourth-order valence-corrected chi connectivity index (χ4v) is 3.62. The van der Waals surface area contributed by atoms with Crippen molar-refractivity contribution in [3.8, 4) is 0 Å². The second-order valence-corrected chi connectivity index (χ2v) is 6.08. The lowest BCUT2D eigenvalue weighted by Crippen LogP contribution is -2.68. The topological polar surface area (TPSA) is 49.4 Å². The second-order valence-electron chi connectivity index (χ2n) is 6.08. The number of hydrogen-bond donors (Lipinski definition) is 1. The van der Waals surface area contributed by atoms with Gasteiger partial charge in [-0.1, -0.05) is 25.7 Å². The predicted octanol–water partition coefficient (Wildman–Crippen LogP) is 1.45. The third-order valence-corrected chi connectivity index (χ3v) is 4.99. The van der Waals surface area contributed by atoms with Gasteiger partial charge in [0.25, 0.3) is 0 Å². The molecule has 1 N–H and O–H groups in total. The molecule has 0 unspecified atom stereocenters.